The number of carbonyl (C=O) groups excluding carboxylic acids is 2. The monoisotopic (exact) mass is 261 g/mol. The largest absolute Gasteiger partial charge is 0.340 e. The zero-order valence-electron chi connectivity index (χ0n) is 10.3. The van der Waals surface area contributed by atoms with Gasteiger partial charge in [0.1, 0.15) is 17.7 Å². The maximum absolute atomic E-state index is 13.2. The normalized spacial score (nSPS) is 22.4. The minimum Gasteiger partial charge on any atom is -0.340 e. The number of hydrogen-bond acceptors (Lipinski definition) is 3. The van der Waals surface area contributed by atoms with Crippen LogP contribution in [0.1, 0.15) is 17.5 Å². The smallest absolute Gasteiger partial charge is 0.252 e. The summed E-state index contributed by atoms with van der Waals surface area (Å²) < 4.78 is 13.2. The third kappa shape index (κ3) is 1.63. The second-order valence-corrected chi connectivity index (χ2v) is 4.79. The Balaban J connectivity index is 1.93. The summed E-state index contributed by atoms with van der Waals surface area (Å²) in [5.74, 6) is -0.847. The Labute approximate surface area is 109 Å². The summed E-state index contributed by atoms with van der Waals surface area (Å²) in [6.07, 6.45) is 0.0776. The van der Waals surface area contributed by atoms with Crippen molar-refractivity contribution < 1.29 is 14.0 Å². The van der Waals surface area contributed by atoms with E-state index in [1.54, 1.807) is 11.0 Å². The first-order valence-corrected chi connectivity index (χ1v) is 5.93. The Morgan fingerprint density at radius 2 is 2.11 bits per heavy atom. The van der Waals surface area contributed by atoms with Crippen LogP contribution < -0.4 is 0 Å². The molecule has 0 aliphatic carbocycles. The minimum absolute atomic E-state index is 0.0776. The quantitative estimate of drug-likeness (QED) is 0.758. The van der Waals surface area contributed by atoms with Gasteiger partial charge in [-0.25, -0.2) is 4.39 Å². The summed E-state index contributed by atoms with van der Waals surface area (Å²) in [5, 5.41) is 8.05. The number of likely N-dealkylation sites (N-methyl/N-ethyl adjacent to an activating group) is 1. The number of carbonyl (C=O) groups is 2. The Hall–Kier alpha value is -2.24. The van der Waals surface area contributed by atoms with Crippen molar-refractivity contribution in [3.05, 3.63) is 35.1 Å². The van der Waals surface area contributed by atoms with E-state index in [0.717, 1.165) is 10.5 Å². The van der Waals surface area contributed by atoms with Crippen molar-refractivity contribution in [3.63, 3.8) is 0 Å². The van der Waals surface area contributed by atoms with Gasteiger partial charge < -0.3 is 4.90 Å². The first kappa shape index (κ1) is 11.8. The van der Waals surface area contributed by atoms with Crippen LogP contribution in [-0.2, 0) is 16.1 Å². The van der Waals surface area contributed by atoms with E-state index in [0.29, 0.717) is 12.1 Å². The van der Waals surface area contributed by atoms with E-state index in [1.807, 2.05) is 0 Å². The molecule has 1 N–H and O–H groups in total. The topological polar surface area (TPSA) is 64.5 Å². The Morgan fingerprint density at radius 3 is 2.74 bits per heavy atom. The number of rotatable bonds is 1. The average Bonchev–Trinajstić information content (AvgIpc) is 2.83. The van der Waals surface area contributed by atoms with E-state index in [2.05, 4.69) is 0 Å². The zero-order valence-corrected chi connectivity index (χ0v) is 10.3. The fraction of sp³-hybridized carbons (Fsp3) is 0.308. The molecule has 2 aliphatic rings. The van der Waals surface area contributed by atoms with E-state index in [9.17, 15) is 14.0 Å². The highest BCUT2D eigenvalue weighted by Crippen LogP contribution is 2.29. The Bertz CT molecular complexity index is 614. The summed E-state index contributed by atoms with van der Waals surface area (Å²) in [5.41, 5.74) is 1.30. The van der Waals surface area contributed by atoms with Crippen molar-refractivity contribution in [2.45, 2.75) is 19.0 Å². The molecule has 0 saturated carbocycles. The summed E-state index contributed by atoms with van der Waals surface area (Å²) in [4.78, 5) is 26.1. The molecular weight excluding hydrogens is 249 g/mol. The maximum Gasteiger partial charge on any atom is 0.252 e. The highest BCUT2D eigenvalue weighted by atomic mass is 19.1. The van der Waals surface area contributed by atoms with E-state index < -0.39 is 11.9 Å². The first-order valence-electron chi connectivity index (χ1n) is 5.93. The molecule has 1 fully saturated rings. The summed E-state index contributed by atoms with van der Waals surface area (Å²) in [6, 6.07) is 3.61. The van der Waals surface area contributed by atoms with E-state index in [4.69, 9.17) is 5.41 Å². The first-order chi connectivity index (χ1) is 8.99. The predicted octanol–water partition coefficient (Wildman–Crippen LogP) is 0.724. The number of hydrogen-bond donors (Lipinski definition) is 1. The van der Waals surface area contributed by atoms with Gasteiger partial charge in [0, 0.05) is 19.2 Å². The van der Waals surface area contributed by atoms with Gasteiger partial charge in [-0.15, -0.1) is 0 Å². The Morgan fingerprint density at radius 1 is 1.37 bits per heavy atom. The zero-order chi connectivity index (χ0) is 13.7. The molecule has 0 bridgehead atoms. The van der Waals surface area contributed by atoms with Gasteiger partial charge in [0.05, 0.1) is 6.42 Å². The van der Waals surface area contributed by atoms with E-state index in [-0.39, 0.29) is 24.1 Å². The molecule has 3 rings (SSSR count). The van der Waals surface area contributed by atoms with Crippen LogP contribution in [0.5, 0.6) is 0 Å². The van der Waals surface area contributed by atoms with Gasteiger partial charge in [-0.2, -0.15) is 0 Å². The van der Waals surface area contributed by atoms with Crippen molar-refractivity contribution in [1.29, 1.82) is 5.41 Å². The van der Waals surface area contributed by atoms with Crippen LogP contribution in [0.25, 0.3) is 0 Å². The van der Waals surface area contributed by atoms with Crippen molar-refractivity contribution >= 4 is 17.6 Å². The summed E-state index contributed by atoms with van der Waals surface area (Å²) >= 11 is 0. The second kappa shape index (κ2) is 3.88. The lowest BCUT2D eigenvalue weighted by Crippen LogP contribution is -2.41. The molecule has 0 radical (unpaired) electrons. The summed E-state index contributed by atoms with van der Waals surface area (Å²) in [6.45, 7) is 0.367. The Kier molecular flexibility index (Phi) is 2.41. The third-order valence-electron chi connectivity index (χ3n) is 3.69. The van der Waals surface area contributed by atoms with Gasteiger partial charge in [0.25, 0.3) is 5.91 Å². The minimum atomic E-state index is -0.638. The molecule has 0 spiro atoms. The molecule has 6 heteroatoms. The van der Waals surface area contributed by atoms with Crippen molar-refractivity contribution in [2.24, 2.45) is 0 Å². The van der Waals surface area contributed by atoms with Crippen molar-refractivity contribution in [1.82, 2.24) is 9.80 Å². The molecule has 1 atom stereocenters. The van der Waals surface area contributed by atoms with E-state index in [1.165, 1.54) is 19.2 Å². The highest BCUT2D eigenvalue weighted by Gasteiger charge is 2.43. The van der Waals surface area contributed by atoms with Crippen LogP contribution in [0.2, 0.25) is 0 Å². The lowest BCUT2D eigenvalue weighted by atomic mass is 10.1. The molecule has 1 aromatic carbocycles. The molecule has 2 aliphatic heterocycles. The van der Waals surface area contributed by atoms with Gasteiger partial charge >= 0.3 is 0 Å². The van der Waals surface area contributed by atoms with Crippen LogP contribution in [-0.4, -0.2) is 40.5 Å². The molecule has 1 aromatic rings. The molecule has 98 valence electrons. The molecule has 2 amide bonds. The highest BCUT2D eigenvalue weighted by molar-refractivity contribution is 6.09. The number of nitrogens with one attached hydrogen (secondary N) is 1. The second-order valence-electron chi connectivity index (χ2n) is 4.79. The van der Waals surface area contributed by atoms with E-state index >= 15 is 0 Å². The van der Waals surface area contributed by atoms with Crippen LogP contribution in [0, 0.1) is 11.2 Å². The number of likely N-dealkylation sites (tertiary alicyclic amines) is 1. The number of fused-ring (bicyclic) bond motifs is 1. The lowest BCUT2D eigenvalue weighted by molar-refractivity contribution is -0.137. The molecule has 1 saturated heterocycles. The van der Waals surface area contributed by atoms with Gasteiger partial charge in [-0.1, -0.05) is 6.07 Å². The number of imide groups is 1. The lowest BCUT2D eigenvalue weighted by Gasteiger charge is -2.23. The van der Waals surface area contributed by atoms with Gasteiger partial charge in [-0.3, -0.25) is 19.9 Å². The average molecular weight is 261 g/mol. The summed E-state index contributed by atoms with van der Waals surface area (Å²) in [7, 11) is 1.44. The molecule has 19 heavy (non-hydrogen) atoms. The number of benzene rings is 1. The number of nitrogens with zero attached hydrogens (tertiary/aromatic N) is 2. The van der Waals surface area contributed by atoms with Gasteiger partial charge in [0.15, 0.2) is 0 Å². The fourth-order valence-electron chi connectivity index (χ4n) is 2.57. The van der Waals surface area contributed by atoms with Crippen LogP contribution in [0.4, 0.5) is 4.39 Å². The molecular formula is C13H12FN3O2. The maximum atomic E-state index is 13.2. The van der Waals surface area contributed by atoms with Crippen LogP contribution in [0.15, 0.2) is 18.2 Å². The molecule has 0 aromatic heterocycles. The molecule has 2 heterocycles. The predicted molar refractivity (Wildman–Crippen MR) is 65.0 cm³/mol. The van der Waals surface area contributed by atoms with Crippen LogP contribution in [0.3, 0.4) is 0 Å². The molecule has 1 unspecified atom stereocenters. The fourth-order valence-corrected chi connectivity index (χ4v) is 2.57. The third-order valence-corrected chi connectivity index (χ3v) is 3.69. The number of amidine groups is 1. The van der Waals surface area contributed by atoms with Gasteiger partial charge in [0.2, 0.25) is 5.91 Å². The number of halogens is 1. The molecule has 5 nitrogen and oxygen atoms in total. The van der Waals surface area contributed by atoms with Crippen LogP contribution >= 0.6 is 0 Å². The van der Waals surface area contributed by atoms with Crippen molar-refractivity contribution in [2.75, 3.05) is 7.05 Å². The SMILES string of the molecule is CN1C(=O)CC(N2Cc3ccc(F)cc3C2=N)C1=O. The van der Waals surface area contributed by atoms with Gasteiger partial charge in [-0.05, 0) is 17.7 Å². The van der Waals surface area contributed by atoms with Crippen molar-refractivity contribution in [3.8, 4) is 0 Å². The standard InChI is InChI=1S/C13H12FN3O2/c1-16-11(18)5-10(13(16)19)17-6-7-2-3-8(14)4-9(7)12(17)15/h2-4,10,15H,5-6H2,1H3. The number of amides is 2.